The lowest BCUT2D eigenvalue weighted by Gasteiger charge is -2.18. The number of aromatic nitrogens is 2. The molecule has 0 saturated heterocycles. The van der Waals surface area contributed by atoms with Gasteiger partial charge < -0.3 is 18.8 Å². The van der Waals surface area contributed by atoms with Crippen LogP contribution in [-0.2, 0) is 4.79 Å². The lowest BCUT2D eigenvalue weighted by molar-refractivity contribution is -0.128. The molecule has 1 atom stereocenters. The predicted octanol–water partition coefficient (Wildman–Crippen LogP) is 2.61. The van der Waals surface area contributed by atoms with Crippen LogP contribution in [0.1, 0.15) is 13.3 Å². The SMILES string of the molecule is COc1ccc(-c2nnc(S[C@@H](C)C(=O)N(C)CCC#N)o2)c(OC)c1. The highest BCUT2D eigenvalue weighted by atomic mass is 32.2. The van der Waals surface area contributed by atoms with E-state index in [2.05, 4.69) is 10.2 Å². The average Bonchev–Trinajstić information content (AvgIpc) is 3.12. The van der Waals surface area contributed by atoms with Crippen molar-refractivity contribution in [2.75, 3.05) is 27.8 Å². The molecule has 1 aromatic carbocycles. The van der Waals surface area contributed by atoms with Crippen molar-refractivity contribution in [2.45, 2.75) is 23.8 Å². The summed E-state index contributed by atoms with van der Waals surface area (Å²) in [5, 5.41) is 16.5. The van der Waals surface area contributed by atoms with E-state index in [-0.39, 0.29) is 11.1 Å². The average molecular weight is 376 g/mol. The molecule has 9 heteroatoms. The molecule has 0 spiro atoms. The zero-order chi connectivity index (χ0) is 19.1. The van der Waals surface area contributed by atoms with Crippen LogP contribution in [0.4, 0.5) is 0 Å². The van der Waals surface area contributed by atoms with Crippen molar-refractivity contribution in [2.24, 2.45) is 0 Å². The van der Waals surface area contributed by atoms with Crippen LogP contribution < -0.4 is 9.47 Å². The second-order valence-electron chi connectivity index (χ2n) is 5.37. The van der Waals surface area contributed by atoms with Crippen LogP contribution in [0, 0.1) is 11.3 Å². The Balaban J connectivity index is 2.10. The van der Waals surface area contributed by atoms with Gasteiger partial charge in [-0.15, -0.1) is 10.2 Å². The summed E-state index contributed by atoms with van der Waals surface area (Å²) >= 11 is 1.17. The summed E-state index contributed by atoms with van der Waals surface area (Å²) in [4.78, 5) is 13.8. The van der Waals surface area contributed by atoms with E-state index in [0.29, 0.717) is 35.9 Å². The number of carbonyl (C=O) groups excluding carboxylic acids is 1. The number of methoxy groups -OCH3 is 2. The molecule has 0 saturated carbocycles. The van der Waals surface area contributed by atoms with Crippen molar-refractivity contribution in [3.8, 4) is 29.0 Å². The summed E-state index contributed by atoms with van der Waals surface area (Å²) < 4.78 is 16.2. The molecule has 8 nitrogen and oxygen atoms in total. The van der Waals surface area contributed by atoms with Gasteiger partial charge in [0.25, 0.3) is 11.1 Å². The molecule has 2 rings (SSSR count). The van der Waals surface area contributed by atoms with Gasteiger partial charge >= 0.3 is 0 Å². The first-order valence-corrected chi connectivity index (χ1v) is 8.72. The minimum Gasteiger partial charge on any atom is -0.497 e. The van der Waals surface area contributed by atoms with Crippen LogP contribution in [0.25, 0.3) is 11.5 Å². The fraction of sp³-hybridized carbons (Fsp3) is 0.412. The summed E-state index contributed by atoms with van der Waals surface area (Å²) in [6, 6.07) is 7.28. The third kappa shape index (κ3) is 4.67. The molecular formula is C17H20N4O4S. The van der Waals surface area contributed by atoms with Crippen molar-refractivity contribution < 1.29 is 18.7 Å². The highest BCUT2D eigenvalue weighted by Crippen LogP contribution is 2.34. The van der Waals surface area contributed by atoms with Crippen LogP contribution in [0.2, 0.25) is 0 Å². The summed E-state index contributed by atoms with van der Waals surface area (Å²) in [6.45, 7) is 2.14. The van der Waals surface area contributed by atoms with Gasteiger partial charge in [-0.2, -0.15) is 5.26 Å². The summed E-state index contributed by atoms with van der Waals surface area (Å²) in [7, 11) is 4.78. The minimum atomic E-state index is -0.412. The van der Waals surface area contributed by atoms with Crippen LogP contribution >= 0.6 is 11.8 Å². The van der Waals surface area contributed by atoms with Gasteiger partial charge in [0.1, 0.15) is 11.5 Å². The first kappa shape index (κ1) is 19.6. The molecule has 138 valence electrons. The molecule has 26 heavy (non-hydrogen) atoms. The fourth-order valence-electron chi connectivity index (χ4n) is 2.18. The third-order valence-electron chi connectivity index (χ3n) is 3.61. The highest BCUT2D eigenvalue weighted by molar-refractivity contribution is 8.00. The Morgan fingerprint density at radius 2 is 2.15 bits per heavy atom. The number of hydrogen-bond donors (Lipinski definition) is 0. The predicted molar refractivity (Wildman–Crippen MR) is 96.0 cm³/mol. The topological polar surface area (TPSA) is 101 Å². The fourth-order valence-corrected chi connectivity index (χ4v) is 2.98. The number of benzene rings is 1. The Morgan fingerprint density at radius 3 is 2.81 bits per heavy atom. The number of nitriles is 1. The van der Waals surface area contributed by atoms with Gasteiger partial charge in [0.05, 0.1) is 37.5 Å². The summed E-state index contributed by atoms with van der Waals surface area (Å²) in [5.74, 6) is 1.39. The number of amides is 1. The Morgan fingerprint density at radius 1 is 1.38 bits per heavy atom. The Bertz CT molecular complexity index is 802. The van der Waals surface area contributed by atoms with Gasteiger partial charge in [0.15, 0.2) is 0 Å². The van der Waals surface area contributed by atoms with Crippen molar-refractivity contribution in [3.05, 3.63) is 18.2 Å². The standard InChI is InChI=1S/C17H20N4O4S/c1-11(16(22)21(2)9-5-8-18)26-17-20-19-15(25-17)13-7-6-12(23-3)10-14(13)24-4/h6-7,10-11H,5,9H2,1-4H3/t11-/m0/s1. The smallest absolute Gasteiger partial charge is 0.277 e. The second-order valence-corrected chi connectivity index (χ2v) is 6.66. The second kappa shape index (κ2) is 9.10. The highest BCUT2D eigenvalue weighted by Gasteiger charge is 2.22. The van der Waals surface area contributed by atoms with Crippen LogP contribution in [-0.4, -0.2) is 54.1 Å². The maximum atomic E-state index is 12.3. The van der Waals surface area contributed by atoms with Crippen molar-refractivity contribution in [1.29, 1.82) is 5.26 Å². The van der Waals surface area contributed by atoms with Crippen LogP contribution in [0.3, 0.4) is 0 Å². The number of ether oxygens (including phenoxy) is 2. The Kier molecular flexibility index (Phi) is 6.86. The molecule has 0 N–H and O–H groups in total. The van der Waals surface area contributed by atoms with Crippen molar-refractivity contribution in [1.82, 2.24) is 15.1 Å². The molecule has 0 radical (unpaired) electrons. The molecule has 0 fully saturated rings. The van der Waals surface area contributed by atoms with Crippen LogP contribution in [0.15, 0.2) is 27.8 Å². The molecular weight excluding hydrogens is 356 g/mol. The van der Waals surface area contributed by atoms with E-state index < -0.39 is 5.25 Å². The molecule has 2 aromatic rings. The van der Waals surface area contributed by atoms with E-state index in [1.165, 1.54) is 16.7 Å². The normalized spacial score (nSPS) is 11.5. The van der Waals surface area contributed by atoms with Gasteiger partial charge in [0.2, 0.25) is 5.91 Å². The van der Waals surface area contributed by atoms with E-state index in [9.17, 15) is 4.79 Å². The molecule has 0 bridgehead atoms. The van der Waals surface area contributed by atoms with Crippen molar-refractivity contribution >= 4 is 17.7 Å². The van der Waals surface area contributed by atoms with E-state index in [4.69, 9.17) is 19.2 Å². The van der Waals surface area contributed by atoms with Gasteiger partial charge in [-0.3, -0.25) is 4.79 Å². The summed E-state index contributed by atoms with van der Waals surface area (Å²) in [5.41, 5.74) is 0.637. The van der Waals surface area contributed by atoms with Gasteiger partial charge in [-0.1, -0.05) is 11.8 Å². The molecule has 0 aliphatic heterocycles. The number of carbonyl (C=O) groups is 1. The number of hydrogen-bond acceptors (Lipinski definition) is 8. The van der Waals surface area contributed by atoms with Gasteiger partial charge in [-0.25, -0.2) is 0 Å². The molecule has 1 amide bonds. The summed E-state index contributed by atoms with van der Waals surface area (Å²) in [6.07, 6.45) is 0.293. The maximum absolute atomic E-state index is 12.3. The largest absolute Gasteiger partial charge is 0.497 e. The zero-order valence-electron chi connectivity index (χ0n) is 15.1. The van der Waals surface area contributed by atoms with Crippen LogP contribution in [0.5, 0.6) is 11.5 Å². The minimum absolute atomic E-state index is 0.105. The Hall–Kier alpha value is -2.73. The molecule has 0 aliphatic rings. The number of rotatable bonds is 8. The number of nitrogens with zero attached hydrogens (tertiary/aromatic N) is 4. The first-order chi connectivity index (χ1) is 12.5. The molecule has 1 aromatic heterocycles. The van der Waals surface area contributed by atoms with Crippen molar-refractivity contribution in [3.63, 3.8) is 0 Å². The van der Waals surface area contributed by atoms with E-state index in [1.807, 2.05) is 6.07 Å². The molecule has 1 heterocycles. The van der Waals surface area contributed by atoms with Gasteiger partial charge in [-0.05, 0) is 19.1 Å². The first-order valence-electron chi connectivity index (χ1n) is 7.84. The monoisotopic (exact) mass is 376 g/mol. The molecule has 0 aliphatic carbocycles. The number of thioether (sulfide) groups is 1. The zero-order valence-corrected chi connectivity index (χ0v) is 15.9. The third-order valence-corrected chi connectivity index (χ3v) is 4.53. The van der Waals surface area contributed by atoms with E-state index in [0.717, 1.165) is 0 Å². The van der Waals surface area contributed by atoms with Gasteiger partial charge in [0, 0.05) is 19.7 Å². The van der Waals surface area contributed by atoms with E-state index >= 15 is 0 Å². The lowest BCUT2D eigenvalue weighted by atomic mass is 10.2. The Labute approximate surface area is 156 Å². The van der Waals surface area contributed by atoms with E-state index in [1.54, 1.807) is 46.4 Å². The maximum Gasteiger partial charge on any atom is 0.277 e. The quantitative estimate of drug-likeness (QED) is 0.648. The molecule has 0 unspecified atom stereocenters. The lowest BCUT2D eigenvalue weighted by Crippen LogP contribution is -2.33.